The van der Waals surface area contributed by atoms with Gasteiger partial charge in [0.1, 0.15) is 18.1 Å². The molecule has 10 N–H and O–H groups in total. The first-order valence-electron chi connectivity index (χ1n) is 9.78. The highest BCUT2D eigenvalue weighted by molar-refractivity contribution is 5.94. The first kappa shape index (κ1) is 27.3. The molecule has 0 aliphatic rings. The van der Waals surface area contributed by atoms with Crippen LogP contribution in [-0.2, 0) is 24.0 Å². The van der Waals surface area contributed by atoms with E-state index in [0.717, 1.165) is 0 Å². The fraction of sp³-hybridized carbons (Fsp3) is 0.722. The van der Waals surface area contributed by atoms with Crippen LogP contribution >= 0.6 is 0 Å². The summed E-state index contributed by atoms with van der Waals surface area (Å²) in [7, 11) is 0. The zero-order valence-electron chi connectivity index (χ0n) is 17.6. The Hall–Kier alpha value is -2.73. The van der Waals surface area contributed by atoms with E-state index in [4.69, 9.17) is 17.2 Å². The van der Waals surface area contributed by atoms with Crippen molar-refractivity contribution in [3.8, 4) is 0 Å². The molecule has 0 rings (SSSR count). The Balaban J connectivity index is 4.93. The number of carbonyl (C=O) groups excluding carboxylic acids is 4. The van der Waals surface area contributed by atoms with Gasteiger partial charge in [0.2, 0.25) is 23.6 Å². The average Bonchev–Trinajstić information content (AvgIpc) is 2.63. The Bertz CT molecular complexity index is 626. The SMILES string of the molecule is CC(NC(=O)C(NC(=O)C(N)CC(N)=O)C(C)C)C(=O)NC(CCCCN)C(=O)O. The molecule has 0 aromatic rings. The van der Waals surface area contributed by atoms with Crippen molar-refractivity contribution in [1.29, 1.82) is 0 Å². The predicted molar refractivity (Wildman–Crippen MR) is 109 cm³/mol. The molecule has 0 aliphatic carbocycles. The van der Waals surface area contributed by atoms with Gasteiger partial charge in [-0.15, -0.1) is 0 Å². The third kappa shape index (κ3) is 10.2. The molecular weight excluding hydrogens is 396 g/mol. The topological polar surface area (TPSA) is 220 Å². The van der Waals surface area contributed by atoms with E-state index in [9.17, 15) is 29.1 Å². The number of unbranched alkanes of at least 4 members (excludes halogenated alkanes) is 1. The number of hydrogen-bond acceptors (Lipinski definition) is 7. The van der Waals surface area contributed by atoms with E-state index in [0.29, 0.717) is 19.4 Å². The van der Waals surface area contributed by atoms with Crippen molar-refractivity contribution < 1.29 is 29.1 Å². The van der Waals surface area contributed by atoms with E-state index in [2.05, 4.69) is 16.0 Å². The van der Waals surface area contributed by atoms with Gasteiger partial charge in [0, 0.05) is 0 Å². The van der Waals surface area contributed by atoms with Crippen molar-refractivity contribution in [1.82, 2.24) is 16.0 Å². The standard InChI is InChI=1S/C18H34N6O6/c1-9(2)14(24-16(27)11(20)8-13(21)25)17(28)22-10(3)15(26)23-12(18(29)30)6-4-5-7-19/h9-12,14H,4-8,19-20H2,1-3H3,(H2,21,25)(H,22,28)(H,23,26)(H,24,27)(H,29,30). The van der Waals surface area contributed by atoms with Crippen LogP contribution in [0.3, 0.4) is 0 Å². The number of nitrogens with two attached hydrogens (primary N) is 3. The normalized spacial score (nSPS) is 14.9. The molecule has 30 heavy (non-hydrogen) atoms. The van der Waals surface area contributed by atoms with Crippen molar-refractivity contribution in [2.75, 3.05) is 6.54 Å². The average molecular weight is 431 g/mol. The molecule has 12 nitrogen and oxygen atoms in total. The minimum Gasteiger partial charge on any atom is -0.480 e. The Morgan fingerprint density at radius 2 is 1.50 bits per heavy atom. The van der Waals surface area contributed by atoms with Crippen molar-refractivity contribution in [3.05, 3.63) is 0 Å². The highest BCUT2D eigenvalue weighted by Crippen LogP contribution is 2.05. The van der Waals surface area contributed by atoms with Gasteiger partial charge in [-0.3, -0.25) is 19.2 Å². The van der Waals surface area contributed by atoms with Crippen LogP contribution in [0.1, 0.15) is 46.5 Å². The molecule has 0 aliphatic heterocycles. The fourth-order valence-corrected chi connectivity index (χ4v) is 2.52. The minimum atomic E-state index is -1.21. The summed E-state index contributed by atoms with van der Waals surface area (Å²) in [4.78, 5) is 59.1. The maximum atomic E-state index is 12.5. The molecule has 0 saturated heterocycles. The molecule has 0 aromatic heterocycles. The lowest BCUT2D eigenvalue weighted by atomic mass is 10.0. The summed E-state index contributed by atoms with van der Waals surface area (Å²) in [5.74, 6) is -4.36. The van der Waals surface area contributed by atoms with E-state index in [1.165, 1.54) is 6.92 Å². The number of carboxylic acid groups (broad SMARTS) is 1. The molecule has 0 heterocycles. The van der Waals surface area contributed by atoms with E-state index < -0.39 is 53.8 Å². The van der Waals surface area contributed by atoms with Crippen LogP contribution in [0.4, 0.5) is 0 Å². The van der Waals surface area contributed by atoms with E-state index in [1.807, 2.05) is 0 Å². The van der Waals surface area contributed by atoms with E-state index >= 15 is 0 Å². The molecule has 4 atom stereocenters. The van der Waals surface area contributed by atoms with Gasteiger partial charge in [0.25, 0.3) is 0 Å². The first-order valence-corrected chi connectivity index (χ1v) is 9.78. The molecule has 12 heteroatoms. The first-order chi connectivity index (χ1) is 13.9. The lowest BCUT2D eigenvalue weighted by Crippen LogP contribution is -2.58. The van der Waals surface area contributed by atoms with Gasteiger partial charge in [0.05, 0.1) is 12.5 Å². The molecule has 0 saturated carbocycles. The van der Waals surface area contributed by atoms with Crippen molar-refractivity contribution in [2.24, 2.45) is 23.1 Å². The monoisotopic (exact) mass is 430 g/mol. The molecule has 0 radical (unpaired) electrons. The highest BCUT2D eigenvalue weighted by Gasteiger charge is 2.30. The number of nitrogens with one attached hydrogen (secondary N) is 3. The van der Waals surface area contributed by atoms with Crippen LogP contribution in [0.2, 0.25) is 0 Å². The maximum Gasteiger partial charge on any atom is 0.326 e. The van der Waals surface area contributed by atoms with Gasteiger partial charge >= 0.3 is 5.97 Å². The van der Waals surface area contributed by atoms with Crippen LogP contribution < -0.4 is 33.2 Å². The highest BCUT2D eigenvalue weighted by atomic mass is 16.4. The van der Waals surface area contributed by atoms with Crippen LogP contribution in [0, 0.1) is 5.92 Å². The molecule has 172 valence electrons. The van der Waals surface area contributed by atoms with Gasteiger partial charge in [-0.1, -0.05) is 13.8 Å². The van der Waals surface area contributed by atoms with Crippen molar-refractivity contribution in [2.45, 2.75) is 70.6 Å². The number of hydrogen-bond donors (Lipinski definition) is 7. The summed E-state index contributed by atoms with van der Waals surface area (Å²) >= 11 is 0. The van der Waals surface area contributed by atoms with Gasteiger partial charge < -0.3 is 38.3 Å². The Morgan fingerprint density at radius 1 is 0.900 bits per heavy atom. The van der Waals surface area contributed by atoms with Crippen molar-refractivity contribution >= 4 is 29.6 Å². The third-order valence-corrected chi connectivity index (χ3v) is 4.32. The molecule has 0 fully saturated rings. The zero-order valence-corrected chi connectivity index (χ0v) is 17.6. The molecular formula is C18H34N6O6. The van der Waals surface area contributed by atoms with Crippen LogP contribution in [0.5, 0.6) is 0 Å². The molecule has 0 spiro atoms. The second-order valence-corrected chi connectivity index (χ2v) is 7.42. The quantitative estimate of drug-likeness (QED) is 0.146. The molecule has 0 bridgehead atoms. The number of rotatable bonds is 14. The summed E-state index contributed by atoms with van der Waals surface area (Å²) in [6.45, 7) is 5.15. The van der Waals surface area contributed by atoms with Gasteiger partial charge in [-0.25, -0.2) is 4.79 Å². The van der Waals surface area contributed by atoms with Crippen LogP contribution in [0.25, 0.3) is 0 Å². The minimum absolute atomic E-state index is 0.210. The maximum absolute atomic E-state index is 12.5. The number of aliphatic carboxylic acids is 1. The molecule has 4 unspecified atom stereocenters. The summed E-state index contributed by atoms with van der Waals surface area (Å²) < 4.78 is 0. The lowest BCUT2D eigenvalue weighted by Gasteiger charge is -2.25. The number of primary amides is 1. The van der Waals surface area contributed by atoms with E-state index in [-0.39, 0.29) is 18.8 Å². The van der Waals surface area contributed by atoms with Crippen LogP contribution in [-0.4, -0.2) is 65.4 Å². The summed E-state index contributed by atoms with van der Waals surface area (Å²) in [6.07, 6.45) is 0.986. The molecule has 0 aromatic carbocycles. The summed E-state index contributed by atoms with van der Waals surface area (Å²) in [5, 5.41) is 16.5. The Labute approximate surface area is 175 Å². The van der Waals surface area contributed by atoms with Gasteiger partial charge in [-0.05, 0) is 38.6 Å². The van der Waals surface area contributed by atoms with Crippen LogP contribution in [0.15, 0.2) is 0 Å². The lowest BCUT2D eigenvalue weighted by molar-refractivity contribution is -0.142. The van der Waals surface area contributed by atoms with Gasteiger partial charge in [-0.2, -0.15) is 0 Å². The number of carboxylic acids is 1. The predicted octanol–water partition coefficient (Wildman–Crippen LogP) is -2.47. The summed E-state index contributed by atoms with van der Waals surface area (Å²) in [5.41, 5.74) is 16.0. The fourth-order valence-electron chi connectivity index (χ4n) is 2.52. The number of carbonyl (C=O) groups is 5. The zero-order chi connectivity index (χ0) is 23.4. The Morgan fingerprint density at radius 3 is 1.97 bits per heavy atom. The Kier molecular flexibility index (Phi) is 12.3. The molecule has 4 amide bonds. The van der Waals surface area contributed by atoms with E-state index in [1.54, 1.807) is 13.8 Å². The third-order valence-electron chi connectivity index (χ3n) is 4.32. The smallest absolute Gasteiger partial charge is 0.326 e. The van der Waals surface area contributed by atoms with Gasteiger partial charge in [0.15, 0.2) is 0 Å². The largest absolute Gasteiger partial charge is 0.480 e. The second-order valence-electron chi connectivity index (χ2n) is 7.42. The summed E-state index contributed by atoms with van der Waals surface area (Å²) in [6, 6.07) is -4.38. The second kappa shape index (κ2) is 13.5. The van der Waals surface area contributed by atoms with Crippen molar-refractivity contribution in [3.63, 3.8) is 0 Å². The number of amides is 4.